The Morgan fingerprint density at radius 2 is 2.08 bits per heavy atom. The zero-order chi connectivity index (χ0) is 17.4. The highest BCUT2D eigenvalue weighted by atomic mass is 32.2. The van der Waals surface area contributed by atoms with Crippen LogP contribution in [0, 0.1) is 6.92 Å². The molecule has 1 aromatic heterocycles. The molecule has 0 saturated carbocycles. The number of carbonyl (C=O) groups excluding carboxylic acids is 2. The number of aromatic nitrogens is 1. The average Bonchev–Trinajstić information content (AvgIpc) is 2.59. The number of aryl methyl sites for hydroxylation is 1. The van der Waals surface area contributed by atoms with E-state index in [1.165, 1.54) is 0 Å². The van der Waals surface area contributed by atoms with E-state index in [1.54, 1.807) is 48.4 Å². The molecule has 0 saturated heterocycles. The largest absolute Gasteiger partial charge is 0.340 e. The normalized spacial score (nSPS) is 11.6. The maximum Gasteiger partial charge on any atom is 0.251 e. The number of nitrogens with one attached hydrogen (secondary N) is 2. The molecule has 6 heteroatoms. The summed E-state index contributed by atoms with van der Waals surface area (Å²) in [5.41, 5.74) is 2.17. The van der Waals surface area contributed by atoms with E-state index in [1.807, 2.05) is 25.3 Å². The van der Waals surface area contributed by atoms with Gasteiger partial charge in [0.1, 0.15) is 6.04 Å². The first-order valence-corrected chi connectivity index (χ1v) is 9.07. The molecule has 0 aliphatic heterocycles. The molecular weight excluding hydrogens is 322 g/mol. The van der Waals surface area contributed by atoms with E-state index in [2.05, 4.69) is 15.6 Å². The Hall–Kier alpha value is -2.34. The third-order valence-electron chi connectivity index (χ3n) is 3.44. The summed E-state index contributed by atoms with van der Waals surface area (Å²) in [6.45, 7) is 1.93. The van der Waals surface area contributed by atoms with Gasteiger partial charge in [-0.15, -0.1) is 0 Å². The fourth-order valence-electron chi connectivity index (χ4n) is 2.20. The van der Waals surface area contributed by atoms with Crippen molar-refractivity contribution in [3.8, 4) is 0 Å². The van der Waals surface area contributed by atoms with Crippen LogP contribution in [0.15, 0.2) is 48.8 Å². The first-order chi connectivity index (χ1) is 11.6. The molecule has 2 aromatic rings. The van der Waals surface area contributed by atoms with Crippen molar-refractivity contribution in [1.29, 1.82) is 0 Å². The van der Waals surface area contributed by atoms with E-state index >= 15 is 0 Å². The zero-order valence-corrected chi connectivity index (χ0v) is 14.6. The Kier molecular flexibility index (Phi) is 6.81. The Morgan fingerprint density at radius 1 is 1.25 bits per heavy atom. The Bertz CT molecular complexity index is 692. The van der Waals surface area contributed by atoms with Crippen molar-refractivity contribution < 1.29 is 9.59 Å². The number of nitrogens with zero attached hydrogens (tertiary/aromatic N) is 1. The topological polar surface area (TPSA) is 71.1 Å². The molecule has 5 nitrogen and oxygen atoms in total. The molecule has 0 bridgehead atoms. The van der Waals surface area contributed by atoms with E-state index in [-0.39, 0.29) is 11.8 Å². The molecular formula is C18H21N3O2S. The lowest BCUT2D eigenvalue weighted by molar-refractivity contribution is -0.118. The van der Waals surface area contributed by atoms with Crippen LogP contribution in [-0.4, -0.2) is 34.8 Å². The van der Waals surface area contributed by atoms with Crippen molar-refractivity contribution in [3.05, 3.63) is 59.9 Å². The number of rotatable bonds is 7. The SMILES string of the molecule is CSCCC(NC(=O)c1cccc(C)c1)C(=O)Nc1cccnc1. The summed E-state index contributed by atoms with van der Waals surface area (Å²) >= 11 is 1.64. The van der Waals surface area contributed by atoms with Gasteiger partial charge in [-0.05, 0) is 49.6 Å². The predicted octanol–water partition coefficient (Wildman–Crippen LogP) is 2.88. The number of amides is 2. The van der Waals surface area contributed by atoms with Crippen LogP contribution in [0.5, 0.6) is 0 Å². The average molecular weight is 343 g/mol. The Morgan fingerprint density at radius 3 is 2.75 bits per heavy atom. The van der Waals surface area contributed by atoms with Gasteiger partial charge in [-0.1, -0.05) is 17.7 Å². The summed E-state index contributed by atoms with van der Waals surface area (Å²) in [5.74, 6) is 0.295. The molecule has 1 unspecified atom stereocenters. The van der Waals surface area contributed by atoms with Crippen LogP contribution in [0.1, 0.15) is 22.3 Å². The van der Waals surface area contributed by atoms with Gasteiger partial charge in [0.2, 0.25) is 5.91 Å². The molecule has 0 aliphatic rings. The first kappa shape index (κ1) is 18.0. The first-order valence-electron chi connectivity index (χ1n) is 7.67. The van der Waals surface area contributed by atoms with Gasteiger partial charge in [-0.2, -0.15) is 11.8 Å². The Labute approximate surface area is 146 Å². The summed E-state index contributed by atoms with van der Waals surface area (Å²) < 4.78 is 0. The lowest BCUT2D eigenvalue weighted by Gasteiger charge is -2.18. The van der Waals surface area contributed by atoms with Gasteiger partial charge in [0.25, 0.3) is 5.91 Å². The molecule has 0 aliphatic carbocycles. The summed E-state index contributed by atoms with van der Waals surface area (Å²) in [7, 11) is 0. The van der Waals surface area contributed by atoms with E-state index in [9.17, 15) is 9.59 Å². The van der Waals surface area contributed by atoms with Crippen LogP contribution < -0.4 is 10.6 Å². The van der Waals surface area contributed by atoms with Crippen molar-refractivity contribution in [2.75, 3.05) is 17.3 Å². The van der Waals surface area contributed by atoms with Gasteiger partial charge in [0, 0.05) is 11.8 Å². The molecule has 0 radical (unpaired) electrons. The molecule has 126 valence electrons. The van der Waals surface area contributed by atoms with Gasteiger partial charge < -0.3 is 10.6 Å². The van der Waals surface area contributed by atoms with Gasteiger partial charge in [-0.25, -0.2) is 0 Å². The molecule has 24 heavy (non-hydrogen) atoms. The van der Waals surface area contributed by atoms with Crippen LogP contribution >= 0.6 is 11.8 Å². The van der Waals surface area contributed by atoms with Crippen LogP contribution in [-0.2, 0) is 4.79 Å². The second kappa shape index (κ2) is 9.08. The fourth-order valence-corrected chi connectivity index (χ4v) is 2.67. The monoisotopic (exact) mass is 343 g/mol. The molecule has 0 fully saturated rings. The van der Waals surface area contributed by atoms with E-state index in [4.69, 9.17) is 0 Å². The molecule has 0 spiro atoms. The minimum atomic E-state index is -0.592. The van der Waals surface area contributed by atoms with E-state index < -0.39 is 6.04 Å². The van der Waals surface area contributed by atoms with E-state index in [0.29, 0.717) is 17.7 Å². The number of hydrogen-bond donors (Lipinski definition) is 2. The predicted molar refractivity (Wildman–Crippen MR) is 98.3 cm³/mol. The molecule has 1 heterocycles. The van der Waals surface area contributed by atoms with Crippen molar-refractivity contribution >= 4 is 29.3 Å². The number of carbonyl (C=O) groups is 2. The zero-order valence-electron chi connectivity index (χ0n) is 13.8. The number of benzene rings is 1. The number of pyridine rings is 1. The fraction of sp³-hybridized carbons (Fsp3) is 0.278. The van der Waals surface area contributed by atoms with Crippen molar-refractivity contribution in [3.63, 3.8) is 0 Å². The Balaban J connectivity index is 2.06. The smallest absolute Gasteiger partial charge is 0.251 e. The third kappa shape index (κ3) is 5.38. The number of anilines is 1. The highest BCUT2D eigenvalue weighted by Crippen LogP contribution is 2.09. The highest BCUT2D eigenvalue weighted by Gasteiger charge is 2.21. The van der Waals surface area contributed by atoms with Crippen LogP contribution in [0.25, 0.3) is 0 Å². The van der Waals surface area contributed by atoms with Gasteiger partial charge in [-0.3, -0.25) is 14.6 Å². The molecule has 2 rings (SSSR count). The minimum absolute atomic E-state index is 0.238. The summed E-state index contributed by atoms with van der Waals surface area (Å²) in [5, 5.41) is 5.62. The second-order valence-electron chi connectivity index (χ2n) is 5.41. The third-order valence-corrected chi connectivity index (χ3v) is 4.09. The highest BCUT2D eigenvalue weighted by molar-refractivity contribution is 7.98. The quantitative estimate of drug-likeness (QED) is 0.811. The summed E-state index contributed by atoms with van der Waals surface area (Å²) in [6.07, 6.45) is 5.75. The van der Waals surface area contributed by atoms with Crippen LogP contribution in [0.4, 0.5) is 5.69 Å². The van der Waals surface area contributed by atoms with Gasteiger partial charge in [0.15, 0.2) is 0 Å². The van der Waals surface area contributed by atoms with Crippen LogP contribution in [0.3, 0.4) is 0 Å². The van der Waals surface area contributed by atoms with Crippen LogP contribution in [0.2, 0.25) is 0 Å². The van der Waals surface area contributed by atoms with Crippen molar-refractivity contribution in [2.45, 2.75) is 19.4 Å². The summed E-state index contributed by atoms with van der Waals surface area (Å²) in [4.78, 5) is 28.9. The number of hydrogen-bond acceptors (Lipinski definition) is 4. The second-order valence-corrected chi connectivity index (χ2v) is 6.39. The molecule has 2 amide bonds. The lowest BCUT2D eigenvalue weighted by Crippen LogP contribution is -2.44. The molecule has 1 aromatic carbocycles. The maximum absolute atomic E-state index is 12.5. The van der Waals surface area contributed by atoms with Gasteiger partial charge >= 0.3 is 0 Å². The minimum Gasteiger partial charge on any atom is -0.340 e. The van der Waals surface area contributed by atoms with Crippen molar-refractivity contribution in [2.24, 2.45) is 0 Å². The van der Waals surface area contributed by atoms with Gasteiger partial charge in [0.05, 0.1) is 11.9 Å². The maximum atomic E-state index is 12.5. The molecule has 1 atom stereocenters. The lowest BCUT2D eigenvalue weighted by atomic mass is 10.1. The molecule has 2 N–H and O–H groups in total. The number of thioether (sulfide) groups is 1. The standard InChI is InChI=1S/C18H21N3O2S/c1-13-5-3-6-14(11-13)17(22)21-16(8-10-24-2)18(23)20-15-7-4-9-19-12-15/h3-7,9,11-12,16H,8,10H2,1-2H3,(H,20,23)(H,21,22). The van der Waals surface area contributed by atoms with Crippen molar-refractivity contribution in [1.82, 2.24) is 10.3 Å². The van der Waals surface area contributed by atoms with E-state index in [0.717, 1.165) is 11.3 Å². The summed E-state index contributed by atoms with van der Waals surface area (Å²) in [6, 6.07) is 10.2.